The summed E-state index contributed by atoms with van der Waals surface area (Å²) < 4.78 is 22.9. The molecule has 0 saturated carbocycles. The van der Waals surface area contributed by atoms with Gasteiger partial charge < -0.3 is 23.8 Å². The smallest absolute Gasteiger partial charge is 0.323 e. The number of nitrogens with one attached hydrogen (secondary N) is 2. The highest BCUT2D eigenvalue weighted by molar-refractivity contribution is 7.62. The lowest BCUT2D eigenvalue weighted by molar-refractivity contribution is -0.154. The molecule has 1 aliphatic heterocycles. The Morgan fingerprint density at radius 2 is 1.84 bits per heavy atom. The van der Waals surface area contributed by atoms with E-state index < -0.39 is 42.6 Å². The van der Waals surface area contributed by atoms with Gasteiger partial charge in [-0.3, -0.25) is 14.4 Å². The maximum Gasteiger partial charge on any atom is 0.323 e. The van der Waals surface area contributed by atoms with E-state index in [0.29, 0.717) is 6.42 Å². The van der Waals surface area contributed by atoms with Crippen molar-refractivity contribution in [3.8, 4) is 0 Å². The molecule has 0 aromatic heterocycles. The topological polar surface area (TPSA) is 112 Å². The largest absolute Gasteiger partial charge is 0.464 e. The highest BCUT2D eigenvalue weighted by atomic mass is 31.2. The zero-order chi connectivity index (χ0) is 27.9. The number of carbonyl (C=O) groups excluding carboxylic acids is 3. The number of benzene rings is 1. The van der Waals surface area contributed by atoms with Gasteiger partial charge in [0, 0.05) is 18.4 Å². The van der Waals surface area contributed by atoms with Crippen LogP contribution in [-0.2, 0) is 39.3 Å². The van der Waals surface area contributed by atoms with Crippen LogP contribution < -0.4 is 10.4 Å². The Morgan fingerprint density at radius 1 is 1.19 bits per heavy atom. The van der Waals surface area contributed by atoms with Crippen molar-refractivity contribution in [3.63, 3.8) is 0 Å². The second-order valence-corrected chi connectivity index (χ2v) is 13.4. The first-order chi connectivity index (χ1) is 17.1. The molecule has 1 fully saturated rings. The number of esters is 2. The average Bonchev–Trinajstić information content (AvgIpc) is 2.78. The number of rotatable bonds is 11. The Bertz CT molecular complexity index is 973. The molecule has 1 aromatic carbocycles. The van der Waals surface area contributed by atoms with Gasteiger partial charge in [-0.05, 0) is 38.6 Å². The van der Waals surface area contributed by atoms with Gasteiger partial charge in [0.2, 0.25) is 5.91 Å². The van der Waals surface area contributed by atoms with Crippen LogP contribution >= 0.6 is 7.49 Å². The molecule has 0 unspecified atom stereocenters. The minimum Gasteiger partial charge on any atom is -0.464 e. The minimum absolute atomic E-state index is 0.0415. The predicted octanol–water partition coefficient (Wildman–Crippen LogP) is 3.87. The summed E-state index contributed by atoms with van der Waals surface area (Å²) in [5, 5.41) is 5.88. The molecule has 9 nitrogen and oxygen atoms in total. The molecule has 1 saturated heterocycles. The molecule has 37 heavy (non-hydrogen) atoms. The van der Waals surface area contributed by atoms with Crippen molar-refractivity contribution < 1.29 is 32.9 Å². The maximum absolute atomic E-state index is 13.0. The van der Waals surface area contributed by atoms with Gasteiger partial charge in [0.05, 0.1) is 19.6 Å². The molecule has 1 amide bonds. The third-order valence-electron chi connectivity index (χ3n) is 5.65. The lowest BCUT2D eigenvalue weighted by atomic mass is 9.87. The minimum atomic E-state index is -3.04. The Labute approximate surface area is 221 Å². The monoisotopic (exact) mass is 538 g/mol. The van der Waals surface area contributed by atoms with E-state index in [2.05, 4.69) is 16.7 Å². The van der Waals surface area contributed by atoms with E-state index in [1.165, 1.54) is 0 Å². The molecule has 3 atom stereocenters. The van der Waals surface area contributed by atoms with Gasteiger partial charge >= 0.3 is 11.9 Å². The fourth-order valence-corrected chi connectivity index (χ4v) is 5.91. The Hall–Kier alpha value is -2.19. The van der Waals surface area contributed by atoms with Crippen LogP contribution in [0.2, 0.25) is 0 Å². The standard InChI is InChI=1S/C27H43N2O7P/c1-19(2)22(25(32)33-17-15-20-12-10-9-11-13-20)29-37(8)34-18-27(6,7)23(36-37)24(31)28-16-14-21(30)35-26(3,4)5/h9-13,19,22-23,29H,8,14-18H2,1-7H3,(H,28,31)/t22-,23-,37+/m0/s1. The number of hydrogen-bond acceptors (Lipinski definition) is 8. The van der Waals surface area contributed by atoms with Crippen molar-refractivity contribution in [1.82, 2.24) is 10.4 Å². The maximum atomic E-state index is 13.0. The summed E-state index contributed by atoms with van der Waals surface area (Å²) in [6.45, 7) is 13.4. The van der Waals surface area contributed by atoms with Crippen LogP contribution in [0.3, 0.4) is 0 Å². The van der Waals surface area contributed by atoms with E-state index in [4.69, 9.17) is 18.5 Å². The molecule has 0 radical (unpaired) electrons. The molecule has 0 spiro atoms. The Morgan fingerprint density at radius 3 is 2.43 bits per heavy atom. The van der Waals surface area contributed by atoms with Gasteiger partial charge in [-0.1, -0.05) is 58.0 Å². The lowest BCUT2D eigenvalue weighted by Gasteiger charge is -2.44. The van der Waals surface area contributed by atoms with Crippen LogP contribution in [0.15, 0.2) is 30.3 Å². The molecule has 1 aliphatic rings. The first kappa shape index (κ1) is 31.0. The van der Waals surface area contributed by atoms with Crippen molar-refractivity contribution in [2.75, 3.05) is 19.8 Å². The van der Waals surface area contributed by atoms with E-state index in [0.717, 1.165) is 5.56 Å². The van der Waals surface area contributed by atoms with Crippen molar-refractivity contribution in [2.24, 2.45) is 11.3 Å². The Kier molecular flexibility index (Phi) is 10.9. The van der Waals surface area contributed by atoms with E-state index in [-0.39, 0.29) is 38.0 Å². The third kappa shape index (κ3) is 10.2. The van der Waals surface area contributed by atoms with E-state index in [1.807, 2.05) is 58.0 Å². The molecule has 0 bridgehead atoms. The molecule has 1 aromatic rings. The summed E-state index contributed by atoms with van der Waals surface area (Å²) in [4.78, 5) is 37.9. The van der Waals surface area contributed by atoms with Crippen LogP contribution in [0.5, 0.6) is 0 Å². The van der Waals surface area contributed by atoms with Gasteiger partial charge in [-0.25, -0.2) is 5.09 Å². The first-order valence-corrected chi connectivity index (χ1v) is 14.5. The van der Waals surface area contributed by atoms with E-state index in [1.54, 1.807) is 20.8 Å². The SMILES string of the molecule is C=[P@@]1(N[C@H](C(=O)OCCc2ccccc2)C(C)C)OCC(C)(C)[C@H](C(=O)NCCC(=O)OC(C)(C)C)O1. The number of carbonyl (C=O) groups is 3. The van der Waals surface area contributed by atoms with E-state index >= 15 is 0 Å². The number of ether oxygens (including phenoxy) is 2. The van der Waals surface area contributed by atoms with Crippen LogP contribution in [0.1, 0.15) is 60.5 Å². The van der Waals surface area contributed by atoms with Crippen molar-refractivity contribution in [1.29, 1.82) is 0 Å². The lowest BCUT2D eigenvalue weighted by Crippen LogP contribution is -2.52. The van der Waals surface area contributed by atoms with Gasteiger partial charge in [-0.15, -0.1) is 0 Å². The molecular weight excluding hydrogens is 495 g/mol. The zero-order valence-electron chi connectivity index (χ0n) is 23.2. The predicted molar refractivity (Wildman–Crippen MR) is 145 cm³/mol. The fraction of sp³-hybridized carbons (Fsp3) is 0.630. The quantitative estimate of drug-likeness (QED) is 0.323. The third-order valence-corrected chi connectivity index (χ3v) is 7.42. The van der Waals surface area contributed by atoms with Crippen LogP contribution in [0, 0.1) is 11.3 Å². The molecule has 2 rings (SSSR count). The van der Waals surface area contributed by atoms with Crippen molar-refractivity contribution >= 4 is 31.6 Å². The normalized spacial score (nSPS) is 22.2. The summed E-state index contributed by atoms with van der Waals surface area (Å²) in [6.07, 6.45) is 3.86. The zero-order valence-corrected chi connectivity index (χ0v) is 24.1. The van der Waals surface area contributed by atoms with Crippen LogP contribution in [0.4, 0.5) is 0 Å². The fourth-order valence-electron chi connectivity index (χ4n) is 3.62. The molecule has 1 heterocycles. The molecule has 208 valence electrons. The van der Waals surface area contributed by atoms with E-state index in [9.17, 15) is 14.4 Å². The van der Waals surface area contributed by atoms with Gasteiger partial charge in [0.25, 0.3) is 0 Å². The van der Waals surface area contributed by atoms with Crippen LogP contribution in [-0.4, -0.2) is 61.7 Å². The van der Waals surface area contributed by atoms with Gasteiger partial charge in [-0.2, -0.15) is 0 Å². The Balaban J connectivity index is 1.98. The summed E-state index contributed by atoms with van der Waals surface area (Å²) in [5.41, 5.74) is -0.165. The van der Waals surface area contributed by atoms with Crippen molar-refractivity contribution in [3.05, 3.63) is 35.9 Å². The summed E-state index contributed by atoms with van der Waals surface area (Å²) >= 11 is 0. The molecule has 0 aliphatic carbocycles. The number of hydrogen-bond donors (Lipinski definition) is 2. The molecular formula is C27H43N2O7P. The molecule has 10 heteroatoms. The van der Waals surface area contributed by atoms with Crippen molar-refractivity contribution in [2.45, 2.75) is 79.1 Å². The second-order valence-electron chi connectivity index (χ2n) is 11.3. The first-order valence-electron chi connectivity index (χ1n) is 12.7. The van der Waals surface area contributed by atoms with Crippen LogP contribution in [0.25, 0.3) is 0 Å². The number of amides is 1. The highest BCUT2D eigenvalue weighted by Gasteiger charge is 2.46. The summed E-state index contributed by atoms with van der Waals surface area (Å²) in [7, 11) is -3.04. The molecule has 2 N–H and O–H groups in total. The highest BCUT2D eigenvalue weighted by Crippen LogP contribution is 2.53. The second kappa shape index (κ2) is 13.1. The van der Waals surface area contributed by atoms with Gasteiger partial charge in [0.15, 0.2) is 13.6 Å². The van der Waals surface area contributed by atoms with Gasteiger partial charge in [0.1, 0.15) is 11.6 Å². The average molecular weight is 539 g/mol. The summed E-state index contributed by atoms with van der Waals surface area (Å²) in [6, 6.07) is 9.05. The summed E-state index contributed by atoms with van der Waals surface area (Å²) in [5.74, 6) is -1.33.